The lowest BCUT2D eigenvalue weighted by atomic mass is 9.83. The van der Waals surface area contributed by atoms with Gasteiger partial charge in [-0.2, -0.15) is 0 Å². The van der Waals surface area contributed by atoms with Crippen LogP contribution in [0, 0.1) is 0 Å². The summed E-state index contributed by atoms with van der Waals surface area (Å²) in [5.74, 6) is 0. The van der Waals surface area contributed by atoms with Crippen LogP contribution in [0.25, 0.3) is 0 Å². The number of piperidine rings is 2. The van der Waals surface area contributed by atoms with Crippen molar-refractivity contribution in [1.29, 1.82) is 0 Å². The van der Waals surface area contributed by atoms with Crippen LogP contribution in [0.2, 0.25) is 0 Å². The molecule has 0 aromatic rings. The van der Waals surface area contributed by atoms with E-state index in [2.05, 4.69) is 11.9 Å². The fraction of sp³-hybridized carbons (Fsp3) is 1.00. The lowest BCUT2D eigenvalue weighted by Gasteiger charge is -2.46. The van der Waals surface area contributed by atoms with Gasteiger partial charge in [0, 0.05) is 18.1 Å². The number of nitrogens with two attached hydrogens (primary N) is 1. The van der Waals surface area contributed by atoms with E-state index in [9.17, 15) is 0 Å². The van der Waals surface area contributed by atoms with Crippen molar-refractivity contribution in [2.24, 2.45) is 5.73 Å². The lowest BCUT2D eigenvalue weighted by Crippen LogP contribution is -2.53. The molecule has 2 aliphatic heterocycles. The predicted octanol–water partition coefficient (Wildman–Crippen LogP) is 1.38. The minimum atomic E-state index is 0. The first-order valence-electron chi connectivity index (χ1n) is 4.75. The summed E-state index contributed by atoms with van der Waals surface area (Å²) in [4.78, 5) is 2.55. The van der Waals surface area contributed by atoms with E-state index in [0.29, 0.717) is 6.04 Å². The van der Waals surface area contributed by atoms with Gasteiger partial charge in [-0.05, 0) is 32.7 Å². The summed E-state index contributed by atoms with van der Waals surface area (Å²) in [7, 11) is 2.26. The molecule has 3 heteroatoms. The SMILES string of the molecule is CN1[C@@H]2CCC[C@H]1C[C@@H](N)C2.Cl. The molecule has 0 aromatic carbocycles. The second-order valence-corrected chi connectivity index (χ2v) is 4.14. The molecule has 2 N–H and O–H groups in total. The van der Waals surface area contributed by atoms with Crippen molar-refractivity contribution in [2.75, 3.05) is 7.05 Å². The Balaban J connectivity index is 0.000000720. The fourth-order valence-electron chi connectivity index (χ4n) is 2.66. The number of halogens is 1. The molecule has 2 nitrogen and oxygen atoms in total. The minimum Gasteiger partial charge on any atom is -0.328 e. The van der Waals surface area contributed by atoms with Gasteiger partial charge in [0.15, 0.2) is 0 Å². The molecule has 2 saturated heterocycles. The van der Waals surface area contributed by atoms with Gasteiger partial charge in [0.2, 0.25) is 0 Å². The Labute approximate surface area is 80.9 Å². The first-order chi connectivity index (χ1) is 5.27. The molecule has 2 aliphatic rings. The van der Waals surface area contributed by atoms with Gasteiger partial charge in [0.1, 0.15) is 0 Å². The maximum atomic E-state index is 5.96. The Kier molecular flexibility index (Phi) is 3.38. The van der Waals surface area contributed by atoms with Gasteiger partial charge >= 0.3 is 0 Å². The Hall–Kier alpha value is 0.210. The highest BCUT2D eigenvalue weighted by Crippen LogP contribution is 2.31. The van der Waals surface area contributed by atoms with Gasteiger partial charge in [-0.25, -0.2) is 0 Å². The number of rotatable bonds is 0. The third kappa shape index (κ3) is 1.76. The van der Waals surface area contributed by atoms with Crippen LogP contribution < -0.4 is 5.73 Å². The van der Waals surface area contributed by atoms with E-state index < -0.39 is 0 Å². The summed E-state index contributed by atoms with van der Waals surface area (Å²) < 4.78 is 0. The lowest BCUT2D eigenvalue weighted by molar-refractivity contribution is 0.0570. The van der Waals surface area contributed by atoms with Gasteiger partial charge in [-0.3, -0.25) is 0 Å². The predicted molar refractivity (Wildman–Crippen MR) is 53.6 cm³/mol. The molecule has 2 heterocycles. The molecule has 0 aromatic heterocycles. The third-order valence-electron chi connectivity index (χ3n) is 3.38. The molecular formula is C9H19ClN2. The van der Waals surface area contributed by atoms with Crippen LogP contribution in [-0.4, -0.2) is 30.1 Å². The quantitative estimate of drug-likeness (QED) is 0.626. The molecule has 0 unspecified atom stereocenters. The molecule has 0 saturated carbocycles. The van der Waals surface area contributed by atoms with Crippen LogP contribution in [-0.2, 0) is 0 Å². The highest BCUT2D eigenvalue weighted by Gasteiger charge is 2.34. The zero-order valence-electron chi connectivity index (χ0n) is 7.70. The van der Waals surface area contributed by atoms with E-state index in [1.807, 2.05) is 0 Å². The van der Waals surface area contributed by atoms with Gasteiger partial charge in [-0.1, -0.05) is 6.42 Å². The molecule has 0 amide bonds. The average Bonchev–Trinajstić information content (AvgIpc) is 1.92. The summed E-state index contributed by atoms with van der Waals surface area (Å²) >= 11 is 0. The van der Waals surface area contributed by atoms with Crippen LogP contribution in [0.5, 0.6) is 0 Å². The second-order valence-electron chi connectivity index (χ2n) is 4.14. The molecule has 0 radical (unpaired) electrons. The number of fused-ring (bicyclic) bond motifs is 2. The van der Waals surface area contributed by atoms with Crippen LogP contribution in [0.3, 0.4) is 0 Å². The van der Waals surface area contributed by atoms with Gasteiger partial charge in [0.05, 0.1) is 0 Å². The Morgan fingerprint density at radius 1 is 1.17 bits per heavy atom. The molecule has 0 spiro atoms. The molecule has 12 heavy (non-hydrogen) atoms. The van der Waals surface area contributed by atoms with Crippen molar-refractivity contribution >= 4 is 12.4 Å². The monoisotopic (exact) mass is 190 g/mol. The minimum absolute atomic E-state index is 0. The van der Waals surface area contributed by atoms with E-state index in [0.717, 1.165) is 12.1 Å². The number of hydrogen-bond acceptors (Lipinski definition) is 2. The Bertz CT molecular complexity index is 137. The van der Waals surface area contributed by atoms with E-state index in [4.69, 9.17) is 5.73 Å². The molecule has 2 fully saturated rings. The maximum absolute atomic E-state index is 5.96. The van der Waals surface area contributed by atoms with E-state index in [1.54, 1.807) is 0 Å². The second kappa shape index (κ2) is 3.95. The average molecular weight is 191 g/mol. The van der Waals surface area contributed by atoms with Crippen LogP contribution >= 0.6 is 12.4 Å². The molecule has 2 rings (SSSR count). The third-order valence-corrected chi connectivity index (χ3v) is 3.38. The van der Waals surface area contributed by atoms with Crippen molar-refractivity contribution in [3.05, 3.63) is 0 Å². The van der Waals surface area contributed by atoms with E-state index >= 15 is 0 Å². The van der Waals surface area contributed by atoms with Crippen molar-refractivity contribution in [3.63, 3.8) is 0 Å². The summed E-state index contributed by atoms with van der Waals surface area (Å²) in [6.07, 6.45) is 6.63. The van der Waals surface area contributed by atoms with Crippen molar-refractivity contribution in [3.8, 4) is 0 Å². The topological polar surface area (TPSA) is 29.3 Å². The normalized spacial score (nSPS) is 42.0. The zero-order valence-corrected chi connectivity index (χ0v) is 8.52. The number of nitrogens with zero attached hydrogens (tertiary/aromatic N) is 1. The first-order valence-corrected chi connectivity index (χ1v) is 4.75. The van der Waals surface area contributed by atoms with Crippen LogP contribution in [0.1, 0.15) is 32.1 Å². The van der Waals surface area contributed by atoms with E-state index in [-0.39, 0.29) is 12.4 Å². The number of hydrogen-bond donors (Lipinski definition) is 1. The van der Waals surface area contributed by atoms with Gasteiger partial charge in [0.25, 0.3) is 0 Å². The highest BCUT2D eigenvalue weighted by molar-refractivity contribution is 5.85. The highest BCUT2D eigenvalue weighted by atomic mass is 35.5. The Morgan fingerprint density at radius 2 is 1.67 bits per heavy atom. The largest absolute Gasteiger partial charge is 0.328 e. The van der Waals surface area contributed by atoms with Crippen LogP contribution in [0.15, 0.2) is 0 Å². The van der Waals surface area contributed by atoms with Crippen molar-refractivity contribution in [2.45, 2.75) is 50.2 Å². The van der Waals surface area contributed by atoms with Crippen LogP contribution in [0.4, 0.5) is 0 Å². The van der Waals surface area contributed by atoms with Crippen molar-refractivity contribution in [1.82, 2.24) is 4.90 Å². The smallest absolute Gasteiger partial charge is 0.0110 e. The molecular weight excluding hydrogens is 172 g/mol. The maximum Gasteiger partial charge on any atom is 0.0110 e. The van der Waals surface area contributed by atoms with Gasteiger partial charge < -0.3 is 10.6 Å². The Morgan fingerprint density at radius 3 is 2.17 bits per heavy atom. The summed E-state index contributed by atoms with van der Waals surface area (Å²) in [5.41, 5.74) is 5.96. The molecule has 2 bridgehead atoms. The molecule has 3 atom stereocenters. The summed E-state index contributed by atoms with van der Waals surface area (Å²) in [5, 5.41) is 0. The van der Waals surface area contributed by atoms with Crippen molar-refractivity contribution < 1.29 is 0 Å². The standard InChI is InChI=1S/C9H18N2.ClH/c1-11-8-3-2-4-9(11)6-7(10)5-8;/h7-9H,2-6,10H2,1H3;1H/t7-,8+,9-;. The van der Waals surface area contributed by atoms with E-state index in [1.165, 1.54) is 32.1 Å². The first kappa shape index (κ1) is 10.3. The summed E-state index contributed by atoms with van der Waals surface area (Å²) in [6.45, 7) is 0. The molecule has 72 valence electrons. The molecule has 0 aliphatic carbocycles. The zero-order chi connectivity index (χ0) is 7.84. The summed E-state index contributed by atoms with van der Waals surface area (Å²) in [6, 6.07) is 2.09. The fourth-order valence-corrected chi connectivity index (χ4v) is 2.66. The van der Waals surface area contributed by atoms with Gasteiger partial charge in [-0.15, -0.1) is 12.4 Å².